The summed E-state index contributed by atoms with van der Waals surface area (Å²) in [6, 6.07) is 19.5. The Morgan fingerprint density at radius 3 is 2.42 bits per heavy atom. The minimum absolute atomic E-state index is 0.875. The second-order valence-corrected chi connectivity index (χ2v) is 6.77. The van der Waals surface area contributed by atoms with Crippen LogP contribution in [0.2, 0.25) is 0 Å². The van der Waals surface area contributed by atoms with Gasteiger partial charge in [0.25, 0.3) is 0 Å². The summed E-state index contributed by atoms with van der Waals surface area (Å²) in [7, 11) is 2.17. The van der Waals surface area contributed by atoms with E-state index in [2.05, 4.69) is 71.4 Å². The maximum Gasteiger partial charge on any atom is 0.137 e. The summed E-state index contributed by atoms with van der Waals surface area (Å²) in [5.41, 5.74) is 8.60. The van der Waals surface area contributed by atoms with E-state index >= 15 is 0 Å². The fourth-order valence-electron chi connectivity index (χ4n) is 4.39. The number of anilines is 3. The van der Waals surface area contributed by atoms with Gasteiger partial charge < -0.3 is 14.2 Å². The number of benzene rings is 3. The summed E-state index contributed by atoms with van der Waals surface area (Å²) in [5, 5.41) is 2.52. The highest BCUT2D eigenvalue weighted by molar-refractivity contribution is 6.15. The molecule has 0 bridgehead atoms. The summed E-state index contributed by atoms with van der Waals surface area (Å²) in [6.45, 7) is 0.875. The Bertz CT molecular complexity index is 1140. The molecule has 4 aromatic rings. The smallest absolute Gasteiger partial charge is 0.137 e. The van der Waals surface area contributed by atoms with Crippen LogP contribution in [0.5, 0.6) is 0 Å². The van der Waals surface area contributed by atoms with Crippen molar-refractivity contribution in [2.24, 2.45) is 0 Å². The van der Waals surface area contributed by atoms with Crippen molar-refractivity contribution in [1.82, 2.24) is 0 Å². The first-order valence-electron chi connectivity index (χ1n) is 8.35. The first-order chi connectivity index (χ1) is 11.8. The largest absolute Gasteiger partial charge is 0.456 e. The molecule has 116 valence electrons. The fourth-order valence-corrected chi connectivity index (χ4v) is 4.39. The van der Waals surface area contributed by atoms with Crippen LogP contribution in [0, 0.1) is 0 Å². The van der Waals surface area contributed by atoms with Crippen molar-refractivity contribution in [3.63, 3.8) is 0 Å². The van der Waals surface area contributed by atoms with Crippen molar-refractivity contribution < 1.29 is 4.42 Å². The van der Waals surface area contributed by atoms with E-state index in [0.29, 0.717) is 0 Å². The molecule has 0 unspecified atom stereocenters. The molecule has 0 fully saturated rings. The van der Waals surface area contributed by atoms with Crippen LogP contribution in [0.15, 0.2) is 59.0 Å². The molecule has 0 N–H and O–H groups in total. The molecule has 3 nitrogen and oxygen atoms in total. The van der Waals surface area contributed by atoms with E-state index in [1.165, 1.54) is 39.0 Å². The van der Waals surface area contributed by atoms with Crippen LogP contribution in [0.25, 0.3) is 21.9 Å². The van der Waals surface area contributed by atoms with E-state index in [9.17, 15) is 0 Å². The number of hydrogen-bond acceptors (Lipinski definition) is 3. The minimum atomic E-state index is 0.875. The van der Waals surface area contributed by atoms with Crippen LogP contribution >= 0.6 is 0 Å². The van der Waals surface area contributed by atoms with Crippen LogP contribution in [0.3, 0.4) is 0 Å². The Balaban J connectivity index is 1.84. The predicted molar refractivity (Wildman–Crippen MR) is 98.4 cm³/mol. The highest BCUT2D eigenvalue weighted by atomic mass is 16.3. The summed E-state index contributed by atoms with van der Waals surface area (Å²) in [4.78, 5) is 4.77. The van der Waals surface area contributed by atoms with Gasteiger partial charge in [0.15, 0.2) is 0 Å². The summed E-state index contributed by atoms with van der Waals surface area (Å²) >= 11 is 0. The van der Waals surface area contributed by atoms with Crippen molar-refractivity contribution >= 4 is 39.0 Å². The molecule has 1 aromatic heterocycles. The third kappa shape index (κ3) is 1.38. The topological polar surface area (TPSA) is 19.6 Å². The zero-order valence-corrected chi connectivity index (χ0v) is 13.4. The van der Waals surface area contributed by atoms with E-state index in [1.807, 2.05) is 0 Å². The number of para-hydroxylation sites is 1. The lowest BCUT2D eigenvalue weighted by Gasteiger charge is -2.24. The first-order valence-corrected chi connectivity index (χ1v) is 8.35. The number of rotatable bonds is 0. The van der Waals surface area contributed by atoms with Crippen LogP contribution in [-0.2, 0) is 6.42 Å². The van der Waals surface area contributed by atoms with Gasteiger partial charge in [-0.3, -0.25) is 0 Å². The molecule has 6 rings (SSSR count). The number of nitrogens with zero attached hydrogens (tertiary/aromatic N) is 2. The van der Waals surface area contributed by atoms with Gasteiger partial charge in [-0.2, -0.15) is 0 Å². The highest BCUT2D eigenvalue weighted by Crippen LogP contribution is 2.49. The quantitative estimate of drug-likeness (QED) is 0.454. The van der Waals surface area contributed by atoms with Gasteiger partial charge in [0.05, 0.1) is 29.1 Å². The lowest BCUT2D eigenvalue weighted by molar-refractivity contribution is 0.668. The van der Waals surface area contributed by atoms with Crippen molar-refractivity contribution in [1.29, 1.82) is 0 Å². The molecule has 24 heavy (non-hydrogen) atoms. The second kappa shape index (κ2) is 4.12. The normalized spacial score (nSPS) is 15.2. The average Bonchev–Trinajstić information content (AvgIpc) is 3.13. The summed E-state index contributed by atoms with van der Waals surface area (Å²) in [6.07, 6.45) is 0.938. The Hall–Kier alpha value is -2.94. The zero-order valence-electron chi connectivity index (χ0n) is 13.4. The molecule has 0 radical (unpaired) electrons. The monoisotopic (exact) mass is 312 g/mol. The van der Waals surface area contributed by atoms with Crippen molar-refractivity contribution in [2.75, 3.05) is 23.5 Å². The molecule has 0 aliphatic carbocycles. The molecule has 2 aliphatic rings. The van der Waals surface area contributed by atoms with Gasteiger partial charge in [0.1, 0.15) is 11.2 Å². The van der Waals surface area contributed by atoms with E-state index in [0.717, 1.165) is 24.3 Å². The molecule has 2 aliphatic heterocycles. The lowest BCUT2D eigenvalue weighted by Crippen LogP contribution is -2.24. The van der Waals surface area contributed by atoms with Crippen molar-refractivity contribution in [3.8, 4) is 0 Å². The molecule has 0 amide bonds. The second-order valence-electron chi connectivity index (χ2n) is 6.77. The zero-order chi connectivity index (χ0) is 15.8. The van der Waals surface area contributed by atoms with E-state index in [4.69, 9.17) is 4.42 Å². The third-order valence-corrected chi connectivity index (χ3v) is 5.39. The molecule has 0 spiro atoms. The number of furan rings is 1. The average molecular weight is 312 g/mol. The Labute approximate surface area is 139 Å². The standard InChI is InChI=1S/C21H16N2O/c1-22-12-23-15-7-4-10-18-20(15)19-13(5-3-9-17(19)24-18)11-14-6-2-8-16(22)21(14)23/h2-10H,11-12H2,1H3. The van der Waals surface area contributed by atoms with E-state index in [-0.39, 0.29) is 0 Å². The third-order valence-electron chi connectivity index (χ3n) is 5.39. The fraction of sp³-hybridized carbons (Fsp3) is 0.143. The minimum Gasteiger partial charge on any atom is -0.456 e. The molecule has 0 saturated heterocycles. The molecule has 3 heteroatoms. The van der Waals surface area contributed by atoms with E-state index in [1.54, 1.807) is 0 Å². The molecular formula is C21H16N2O. The van der Waals surface area contributed by atoms with Gasteiger partial charge >= 0.3 is 0 Å². The molecule has 3 aromatic carbocycles. The van der Waals surface area contributed by atoms with Crippen molar-refractivity contribution in [3.05, 3.63) is 65.7 Å². The summed E-state index contributed by atoms with van der Waals surface area (Å²) in [5.74, 6) is 0. The first kappa shape index (κ1) is 12.5. The molecular weight excluding hydrogens is 296 g/mol. The number of hydrogen-bond donors (Lipinski definition) is 0. The Kier molecular flexibility index (Phi) is 2.14. The maximum absolute atomic E-state index is 6.16. The van der Waals surface area contributed by atoms with Gasteiger partial charge in [-0.1, -0.05) is 30.3 Å². The SMILES string of the molecule is CN1CN2c3c(cccc31)Cc1cccc3oc4cccc2c4c13. The van der Waals surface area contributed by atoms with Gasteiger partial charge in [-0.15, -0.1) is 0 Å². The number of fused-ring (bicyclic) bond motifs is 1. The maximum atomic E-state index is 6.16. The van der Waals surface area contributed by atoms with Crippen LogP contribution in [0.1, 0.15) is 11.1 Å². The van der Waals surface area contributed by atoms with Crippen LogP contribution in [-0.4, -0.2) is 13.7 Å². The lowest BCUT2D eigenvalue weighted by atomic mass is 9.95. The van der Waals surface area contributed by atoms with Crippen molar-refractivity contribution in [2.45, 2.75) is 6.42 Å². The molecule has 3 heterocycles. The predicted octanol–water partition coefficient (Wildman–Crippen LogP) is 5.04. The van der Waals surface area contributed by atoms with Gasteiger partial charge in [-0.25, -0.2) is 0 Å². The van der Waals surface area contributed by atoms with Crippen LogP contribution in [0.4, 0.5) is 17.1 Å². The van der Waals surface area contributed by atoms with E-state index < -0.39 is 0 Å². The van der Waals surface area contributed by atoms with Gasteiger partial charge in [-0.05, 0) is 35.4 Å². The molecule has 0 saturated carbocycles. The van der Waals surface area contributed by atoms with Crippen LogP contribution < -0.4 is 9.80 Å². The Morgan fingerprint density at radius 1 is 0.792 bits per heavy atom. The van der Waals surface area contributed by atoms with Gasteiger partial charge in [0, 0.05) is 18.9 Å². The Morgan fingerprint density at radius 2 is 1.50 bits per heavy atom. The summed E-state index contributed by atoms with van der Waals surface area (Å²) < 4.78 is 6.16. The van der Waals surface area contributed by atoms with Gasteiger partial charge in [0.2, 0.25) is 0 Å². The highest BCUT2D eigenvalue weighted by Gasteiger charge is 2.31. The molecule has 0 atom stereocenters.